The van der Waals surface area contributed by atoms with Crippen LogP contribution in [0.1, 0.15) is 33.8 Å². The fraction of sp³-hybridized carbons (Fsp3) is 0.304. The number of allylic oxidation sites excluding steroid dienone is 1. The molecule has 1 fully saturated rings. The van der Waals surface area contributed by atoms with Crippen molar-refractivity contribution in [3.63, 3.8) is 0 Å². The highest BCUT2D eigenvalue weighted by Gasteiger charge is 2.35. The second kappa shape index (κ2) is 8.69. The Morgan fingerprint density at radius 3 is 2.71 bits per heavy atom. The van der Waals surface area contributed by atoms with Crippen molar-refractivity contribution in [3.05, 3.63) is 65.0 Å². The summed E-state index contributed by atoms with van der Waals surface area (Å²) < 4.78 is 16.1. The largest absolute Gasteiger partial charge is 0.508 e. The van der Waals surface area contributed by atoms with Crippen molar-refractivity contribution in [2.45, 2.75) is 12.3 Å². The summed E-state index contributed by atoms with van der Waals surface area (Å²) in [6.45, 7) is 2.41. The second-order valence-electron chi connectivity index (χ2n) is 7.38. The number of phenolic OH excluding ortho intramolecular Hbond substituents is 2. The number of hydrogen-bond acceptors (Lipinski definition) is 8. The third kappa shape index (κ3) is 4.20. The molecule has 0 unspecified atom stereocenters. The van der Waals surface area contributed by atoms with Crippen molar-refractivity contribution in [1.82, 2.24) is 4.90 Å². The van der Waals surface area contributed by atoms with Crippen LogP contribution in [0.4, 0.5) is 0 Å². The number of esters is 1. The molecule has 2 heterocycles. The van der Waals surface area contributed by atoms with Crippen molar-refractivity contribution in [1.29, 1.82) is 0 Å². The minimum Gasteiger partial charge on any atom is -0.508 e. The molecule has 2 aliphatic heterocycles. The smallest absolute Gasteiger partial charge is 0.306 e. The zero-order valence-corrected chi connectivity index (χ0v) is 17.0. The van der Waals surface area contributed by atoms with Gasteiger partial charge < -0.3 is 29.3 Å². The van der Waals surface area contributed by atoms with Gasteiger partial charge in [-0.1, -0.05) is 12.1 Å². The maximum atomic E-state index is 13.0. The Labute approximate surface area is 179 Å². The van der Waals surface area contributed by atoms with E-state index in [4.69, 9.17) is 14.2 Å². The summed E-state index contributed by atoms with van der Waals surface area (Å²) in [6.07, 6.45) is 1.55. The molecular formula is C23H23NO7. The fourth-order valence-electron chi connectivity index (χ4n) is 3.84. The first-order valence-electron chi connectivity index (χ1n) is 9.95. The molecule has 2 N–H and O–H groups in total. The van der Waals surface area contributed by atoms with Crippen LogP contribution in [0.3, 0.4) is 0 Å². The number of carbonyl (C=O) groups excluding carboxylic acids is 2. The highest BCUT2D eigenvalue weighted by molar-refractivity contribution is 6.12. The lowest BCUT2D eigenvalue weighted by Gasteiger charge is -2.25. The van der Waals surface area contributed by atoms with Crippen LogP contribution < -0.4 is 4.74 Å². The maximum Gasteiger partial charge on any atom is 0.306 e. The first kappa shape index (κ1) is 20.7. The number of rotatable bonds is 5. The van der Waals surface area contributed by atoms with Gasteiger partial charge in [0.05, 0.1) is 32.3 Å². The third-order valence-electron chi connectivity index (χ3n) is 5.42. The number of hydrogen-bond donors (Lipinski definition) is 2. The average molecular weight is 425 g/mol. The minimum atomic E-state index is -0.690. The molecule has 0 spiro atoms. The zero-order valence-electron chi connectivity index (χ0n) is 17.0. The Hall–Kier alpha value is -3.52. The van der Waals surface area contributed by atoms with Gasteiger partial charge in [-0.3, -0.25) is 9.59 Å². The molecule has 8 nitrogen and oxygen atoms in total. The molecule has 162 valence electrons. The lowest BCUT2D eigenvalue weighted by molar-refractivity contribution is -0.140. The number of ketones is 1. The second-order valence-corrected chi connectivity index (χ2v) is 7.38. The van der Waals surface area contributed by atoms with Gasteiger partial charge in [0, 0.05) is 30.8 Å². The number of morpholine rings is 1. The summed E-state index contributed by atoms with van der Waals surface area (Å²) in [7, 11) is 1.28. The first-order chi connectivity index (χ1) is 15.0. The van der Waals surface area contributed by atoms with Crippen LogP contribution >= 0.6 is 0 Å². The molecule has 0 aliphatic carbocycles. The number of aromatic hydroxyl groups is 2. The van der Waals surface area contributed by atoms with Gasteiger partial charge in [-0.25, -0.2) is 0 Å². The summed E-state index contributed by atoms with van der Waals surface area (Å²) in [5.74, 6) is -1.22. The maximum absolute atomic E-state index is 13.0. The van der Waals surface area contributed by atoms with Crippen molar-refractivity contribution >= 4 is 11.8 Å². The van der Waals surface area contributed by atoms with E-state index in [2.05, 4.69) is 0 Å². The Morgan fingerprint density at radius 2 is 2.00 bits per heavy atom. The Kier molecular flexibility index (Phi) is 5.81. The van der Waals surface area contributed by atoms with E-state index < -0.39 is 11.9 Å². The number of fused-ring (bicyclic) bond motifs is 1. The monoisotopic (exact) mass is 425 g/mol. The van der Waals surface area contributed by atoms with Crippen molar-refractivity contribution in [2.75, 3.05) is 33.4 Å². The van der Waals surface area contributed by atoms with E-state index in [9.17, 15) is 19.8 Å². The number of carbonyl (C=O) groups is 2. The van der Waals surface area contributed by atoms with E-state index in [1.54, 1.807) is 18.3 Å². The molecule has 0 bridgehead atoms. The molecule has 31 heavy (non-hydrogen) atoms. The number of benzene rings is 2. The topological polar surface area (TPSA) is 106 Å². The highest BCUT2D eigenvalue weighted by Crippen LogP contribution is 2.46. The fourth-order valence-corrected chi connectivity index (χ4v) is 3.84. The van der Waals surface area contributed by atoms with E-state index in [0.717, 1.165) is 0 Å². The molecule has 0 saturated carbocycles. The molecule has 1 saturated heterocycles. The van der Waals surface area contributed by atoms with Crippen molar-refractivity contribution < 1.29 is 34.0 Å². The molecule has 2 aromatic carbocycles. The van der Waals surface area contributed by atoms with E-state index in [0.29, 0.717) is 43.0 Å². The number of ether oxygens (including phenoxy) is 3. The third-order valence-corrected chi connectivity index (χ3v) is 5.42. The summed E-state index contributed by atoms with van der Waals surface area (Å²) in [5.41, 5.74) is 1.19. The van der Waals surface area contributed by atoms with Crippen LogP contribution in [-0.2, 0) is 14.3 Å². The summed E-state index contributed by atoms with van der Waals surface area (Å²) in [4.78, 5) is 27.1. The molecule has 0 amide bonds. The van der Waals surface area contributed by atoms with E-state index in [1.807, 2.05) is 4.90 Å². The molecular weight excluding hydrogens is 402 g/mol. The minimum absolute atomic E-state index is 0.0179. The Bertz CT molecular complexity index is 1040. The van der Waals surface area contributed by atoms with Crippen molar-refractivity contribution in [2.24, 2.45) is 0 Å². The number of Topliss-reactive ketones (excluding diaryl/α,β-unsaturated/α-hetero) is 1. The SMILES string of the molecule is COC(=O)C[C@@H](c1cccc(O)c1)c1c(O)ccc2c1O/C(=C\N1CCOCC1)C2=O. The van der Waals surface area contributed by atoms with Crippen LogP contribution in [-0.4, -0.2) is 60.3 Å². The molecule has 4 rings (SSSR count). The average Bonchev–Trinajstić information content (AvgIpc) is 3.08. The van der Waals surface area contributed by atoms with Crippen LogP contribution in [0.2, 0.25) is 0 Å². The van der Waals surface area contributed by atoms with Gasteiger partial charge in [0.2, 0.25) is 5.78 Å². The Balaban J connectivity index is 1.77. The van der Waals surface area contributed by atoms with Gasteiger partial charge in [0.25, 0.3) is 0 Å². The molecule has 2 aliphatic rings. The standard InChI is InChI=1S/C23H23NO7/c1-29-20(27)12-17(14-3-2-4-15(25)11-14)21-18(26)6-5-16-22(28)19(31-23(16)21)13-24-7-9-30-10-8-24/h2-6,11,13,17,25-26H,7-10,12H2,1H3/b19-13-/t17-/m0/s1. The van der Waals surface area contributed by atoms with Gasteiger partial charge >= 0.3 is 5.97 Å². The van der Waals surface area contributed by atoms with Crippen LogP contribution in [0.15, 0.2) is 48.4 Å². The molecule has 1 atom stereocenters. The van der Waals surface area contributed by atoms with Crippen LogP contribution in [0, 0.1) is 0 Å². The Morgan fingerprint density at radius 1 is 1.23 bits per heavy atom. The summed E-state index contributed by atoms with van der Waals surface area (Å²) in [5, 5.41) is 20.6. The lowest BCUT2D eigenvalue weighted by atomic mass is 9.86. The van der Waals surface area contributed by atoms with Gasteiger partial charge in [0.15, 0.2) is 5.76 Å². The first-order valence-corrected chi connectivity index (χ1v) is 9.95. The van der Waals surface area contributed by atoms with Crippen LogP contribution in [0.25, 0.3) is 0 Å². The predicted octanol–water partition coefficient (Wildman–Crippen LogP) is 2.54. The van der Waals surface area contributed by atoms with Crippen molar-refractivity contribution in [3.8, 4) is 17.2 Å². The number of nitrogens with zero attached hydrogens (tertiary/aromatic N) is 1. The van der Waals surface area contributed by atoms with Crippen LogP contribution in [0.5, 0.6) is 17.2 Å². The molecule has 0 aromatic heterocycles. The highest BCUT2D eigenvalue weighted by atomic mass is 16.5. The quantitative estimate of drug-likeness (QED) is 0.556. The van der Waals surface area contributed by atoms with E-state index >= 15 is 0 Å². The zero-order chi connectivity index (χ0) is 22.0. The number of phenols is 2. The predicted molar refractivity (Wildman–Crippen MR) is 110 cm³/mol. The molecule has 8 heteroatoms. The normalized spacial score (nSPS) is 17.9. The molecule has 2 aromatic rings. The summed E-state index contributed by atoms with van der Waals surface area (Å²) in [6, 6.07) is 9.32. The van der Waals surface area contributed by atoms with Gasteiger partial charge in [-0.05, 0) is 29.8 Å². The van der Waals surface area contributed by atoms with Gasteiger partial charge in [-0.15, -0.1) is 0 Å². The molecule has 0 radical (unpaired) electrons. The van der Waals surface area contributed by atoms with E-state index in [1.165, 1.54) is 31.4 Å². The lowest BCUT2D eigenvalue weighted by Crippen LogP contribution is -2.32. The summed E-state index contributed by atoms with van der Waals surface area (Å²) >= 11 is 0. The number of methoxy groups -OCH3 is 1. The van der Waals surface area contributed by atoms with E-state index in [-0.39, 0.29) is 35.2 Å². The van der Waals surface area contributed by atoms with Gasteiger partial charge in [-0.2, -0.15) is 0 Å². The van der Waals surface area contributed by atoms with Gasteiger partial charge in [0.1, 0.15) is 17.2 Å².